The van der Waals surface area contributed by atoms with Gasteiger partial charge in [0.1, 0.15) is 0 Å². The van der Waals surface area contributed by atoms with Crippen molar-refractivity contribution < 1.29 is 18.0 Å². The van der Waals surface area contributed by atoms with Gasteiger partial charge in [0.2, 0.25) is 15.9 Å². The van der Waals surface area contributed by atoms with Gasteiger partial charge in [-0.3, -0.25) is 9.59 Å². The molecule has 1 N–H and O–H groups in total. The van der Waals surface area contributed by atoms with Gasteiger partial charge in [-0.15, -0.1) is 0 Å². The van der Waals surface area contributed by atoms with Gasteiger partial charge in [-0.25, -0.2) is 8.42 Å². The Labute approximate surface area is 183 Å². The summed E-state index contributed by atoms with van der Waals surface area (Å²) < 4.78 is 27.3. The number of rotatable bonds is 6. The van der Waals surface area contributed by atoms with Crippen molar-refractivity contribution in [1.82, 2.24) is 9.62 Å². The number of carbonyl (C=O) groups is 2. The first-order valence-electron chi connectivity index (χ1n) is 10.8. The Kier molecular flexibility index (Phi) is 5.99. The van der Waals surface area contributed by atoms with Gasteiger partial charge in [0, 0.05) is 24.6 Å². The summed E-state index contributed by atoms with van der Waals surface area (Å²) in [5, 5.41) is 3.28. The van der Waals surface area contributed by atoms with Crippen LogP contribution in [-0.2, 0) is 20.4 Å². The van der Waals surface area contributed by atoms with E-state index in [-0.39, 0.29) is 28.0 Å². The fourth-order valence-electron chi connectivity index (χ4n) is 4.48. The third-order valence-corrected chi connectivity index (χ3v) is 8.53. The minimum absolute atomic E-state index is 0.0198. The van der Waals surface area contributed by atoms with Gasteiger partial charge >= 0.3 is 0 Å². The molecule has 0 bridgehead atoms. The fraction of sp³-hybridized carbons (Fsp3) is 0.417. The molecule has 164 valence electrons. The lowest BCUT2D eigenvalue weighted by Gasteiger charge is -2.44. The number of hydrogen-bond acceptors (Lipinski definition) is 4. The number of sulfonamides is 1. The van der Waals surface area contributed by atoms with Crippen LogP contribution in [0.2, 0.25) is 0 Å². The van der Waals surface area contributed by atoms with Crippen molar-refractivity contribution in [3.63, 3.8) is 0 Å². The molecule has 1 aliphatic heterocycles. The Morgan fingerprint density at radius 1 is 0.968 bits per heavy atom. The minimum Gasteiger partial charge on any atom is -0.346 e. The molecule has 0 spiro atoms. The van der Waals surface area contributed by atoms with Crippen LogP contribution in [0.1, 0.15) is 54.9 Å². The Balaban J connectivity index is 1.39. The normalized spacial score (nSPS) is 19.4. The summed E-state index contributed by atoms with van der Waals surface area (Å²) in [6.07, 6.45) is 3.97. The van der Waals surface area contributed by atoms with Gasteiger partial charge in [-0.2, -0.15) is 4.31 Å². The van der Waals surface area contributed by atoms with Crippen LogP contribution in [0.5, 0.6) is 0 Å². The zero-order valence-electron chi connectivity index (χ0n) is 17.7. The quantitative estimate of drug-likeness (QED) is 0.697. The summed E-state index contributed by atoms with van der Waals surface area (Å²) >= 11 is 0. The van der Waals surface area contributed by atoms with Gasteiger partial charge in [0.15, 0.2) is 5.78 Å². The van der Waals surface area contributed by atoms with Crippen molar-refractivity contribution in [2.75, 3.05) is 13.1 Å². The molecule has 0 radical (unpaired) electrons. The molecule has 1 saturated carbocycles. The summed E-state index contributed by atoms with van der Waals surface area (Å²) in [6, 6.07) is 16.1. The van der Waals surface area contributed by atoms with E-state index in [1.165, 1.54) is 35.5 Å². The van der Waals surface area contributed by atoms with Crippen molar-refractivity contribution in [3.8, 4) is 0 Å². The zero-order chi connectivity index (χ0) is 22.1. The van der Waals surface area contributed by atoms with E-state index in [1.54, 1.807) is 0 Å². The van der Waals surface area contributed by atoms with Crippen LogP contribution < -0.4 is 5.32 Å². The van der Waals surface area contributed by atoms with E-state index in [1.807, 2.05) is 18.2 Å². The van der Waals surface area contributed by atoms with Gasteiger partial charge in [-0.1, -0.05) is 42.5 Å². The highest BCUT2D eigenvalue weighted by Gasteiger charge is 2.42. The standard InChI is InChI=1S/C24H28N2O4S/c1-18(27)19-8-10-22(11-9-19)31(29,30)26-16-12-20(13-17-26)23(28)25-24(14-5-15-24)21-6-3-2-4-7-21/h2-4,6-11,20H,5,12-17H2,1H3,(H,25,28). The van der Waals surface area contributed by atoms with Crippen molar-refractivity contribution >= 4 is 21.7 Å². The van der Waals surface area contributed by atoms with E-state index in [2.05, 4.69) is 17.4 Å². The van der Waals surface area contributed by atoms with Crippen LogP contribution in [0.15, 0.2) is 59.5 Å². The second-order valence-electron chi connectivity index (χ2n) is 8.55. The topological polar surface area (TPSA) is 83.6 Å². The monoisotopic (exact) mass is 440 g/mol. The summed E-state index contributed by atoms with van der Waals surface area (Å²) in [7, 11) is -3.63. The molecule has 2 aromatic rings. The van der Waals surface area contributed by atoms with Gasteiger partial charge < -0.3 is 5.32 Å². The minimum atomic E-state index is -3.63. The number of nitrogens with zero attached hydrogens (tertiary/aromatic N) is 1. The van der Waals surface area contributed by atoms with Crippen LogP contribution in [-0.4, -0.2) is 37.5 Å². The van der Waals surface area contributed by atoms with E-state index < -0.39 is 10.0 Å². The molecule has 0 unspecified atom stereocenters. The molecule has 31 heavy (non-hydrogen) atoms. The second-order valence-corrected chi connectivity index (χ2v) is 10.5. The maximum absolute atomic E-state index is 13.0. The Bertz CT molecular complexity index is 1050. The van der Waals surface area contributed by atoms with Gasteiger partial charge in [0.05, 0.1) is 10.4 Å². The average Bonchev–Trinajstić information content (AvgIpc) is 2.77. The van der Waals surface area contributed by atoms with E-state index in [4.69, 9.17) is 0 Å². The van der Waals surface area contributed by atoms with Crippen LogP contribution in [0.3, 0.4) is 0 Å². The van der Waals surface area contributed by atoms with Crippen molar-refractivity contribution in [1.29, 1.82) is 0 Å². The predicted molar refractivity (Wildman–Crippen MR) is 118 cm³/mol. The molecule has 7 heteroatoms. The first-order chi connectivity index (χ1) is 14.8. The van der Waals surface area contributed by atoms with Crippen LogP contribution >= 0.6 is 0 Å². The SMILES string of the molecule is CC(=O)c1ccc(S(=O)(=O)N2CCC(C(=O)NC3(c4ccccc4)CCC3)CC2)cc1. The predicted octanol–water partition coefficient (Wildman–Crippen LogP) is 3.49. The highest BCUT2D eigenvalue weighted by atomic mass is 32.2. The number of benzene rings is 2. The molecule has 2 aromatic carbocycles. The average molecular weight is 441 g/mol. The molecule has 1 saturated heterocycles. The number of Topliss-reactive ketones (excluding diaryl/α,β-unsaturated/α-hetero) is 1. The molecule has 1 amide bonds. The lowest BCUT2D eigenvalue weighted by Crippen LogP contribution is -2.53. The van der Waals surface area contributed by atoms with Gasteiger partial charge in [0.25, 0.3) is 0 Å². The number of amides is 1. The van der Waals surface area contributed by atoms with Crippen molar-refractivity contribution in [2.24, 2.45) is 5.92 Å². The number of ketones is 1. The summed E-state index contributed by atoms with van der Waals surface area (Å²) in [6.45, 7) is 2.07. The van der Waals surface area contributed by atoms with Crippen LogP contribution in [0.25, 0.3) is 0 Å². The summed E-state index contributed by atoms with van der Waals surface area (Å²) in [4.78, 5) is 24.6. The molecule has 0 atom stereocenters. The number of hydrogen-bond donors (Lipinski definition) is 1. The molecule has 2 fully saturated rings. The number of nitrogens with one attached hydrogen (secondary N) is 1. The fourth-order valence-corrected chi connectivity index (χ4v) is 5.95. The van der Waals surface area contributed by atoms with E-state index in [0.717, 1.165) is 24.8 Å². The maximum Gasteiger partial charge on any atom is 0.243 e. The zero-order valence-corrected chi connectivity index (χ0v) is 18.5. The smallest absolute Gasteiger partial charge is 0.243 e. The summed E-state index contributed by atoms with van der Waals surface area (Å²) in [5.74, 6) is -0.269. The van der Waals surface area contributed by atoms with E-state index in [0.29, 0.717) is 31.5 Å². The molecule has 1 aliphatic carbocycles. The molecule has 0 aromatic heterocycles. The highest BCUT2D eigenvalue weighted by Crippen LogP contribution is 2.41. The Morgan fingerprint density at radius 3 is 2.10 bits per heavy atom. The first-order valence-corrected chi connectivity index (χ1v) is 12.2. The van der Waals surface area contributed by atoms with Crippen molar-refractivity contribution in [3.05, 3.63) is 65.7 Å². The summed E-state index contributed by atoms with van der Waals surface area (Å²) in [5.41, 5.74) is 1.35. The lowest BCUT2D eigenvalue weighted by molar-refractivity contribution is -0.129. The third kappa shape index (κ3) is 4.29. The van der Waals surface area contributed by atoms with Crippen LogP contribution in [0.4, 0.5) is 0 Å². The highest BCUT2D eigenvalue weighted by molar-refractivity contribution is 7.89. The Hall–Kier alpha value is -2.51. The third-order valence-electron chi connectivity index (χ3n) is 6.62. The maximum atomic E-state index is 13.0. The van der Waals surface area contributed by atoms with E-state index in [9.17, 15) is 18.0 Å². The lowest BCUT2D eigenvalue weighted by atomic mass is 9.71. The number of carbonyl (C=O) groups excluding carboxylic acids is 2. The molecular formula is C24H28N2O4S. The molecular weight excluding hydrogens is 412 g/mol. The second kappa shape index (κ2) is 8.55. The molecule has 1 heterocycles. The Morgan fingerprint density at radius 2 is 1.58 bits per heavy atom. The van der Waals surface area contributed by atoms with Crippen LogP contribution in [0, 0.1) is 5.92 Å². The molecule has 2 aliphatic rings. The van der Waals surface area contributed by atoms with E-state index >= 15 is 0 Å². The molecule has 6 nitrogen and oxygen atoms in total. The van der Waals surface area contributed by atoms with Gasteiger partial charge in [-0.05, 0) is 56.7 Å². The molecule has 4 rings (SSSR count). The van der Waals surface area contributed by atoms with Crippen molar-refractivity contribution in [2.45, 2.75) is 49.5 Å². The number of piperidine rings is 1. The largest absolute Gasteiger partial charge is 0.346 e. The first kappa shape index (κ1) is 21.7.